The Morgan fingerprint density at radius 3 is 2.62 bits per heavy atom. The topological polar surface area (TPSA) is 70.8 Å². The average Bonchev–Trinajstić information content (AvgIpc) is 2.59. The van der Waals surface area contributed by atoms with Gasteiger partial charge in [-0.3, -0.25) is 0 Å². The lowest BCUT2D eigenvalue weighted by Gasteiger charge is -2.38. The minimum atomic E-state index is -0.825. The molecule has 26 heavy (non-hydrogen) atoms. The fraction of sp³-hybridized carbons (Fsp3) is 0.350. The zero-order valence-electron chi connectivity index (χ0n) is 15.0. The van der Waals surface area contributed by atoms with Crippen molar-refractivity contribution >= 4 is 6.09 Å². The summed E-state index contributed by atoms with van der Waals surface area (Å²) in [7, 11) is 0. The van der Waals surface area contributed by atoms with E-state index in [0.717, 1.165) is 11.1 Å². The molecule has 138 valence electrons. The molecule has 0 bridgehead atoms. The van der Waals surface area contributed by atoms with Crippen molar-refractivity contribution < 1.29 is 23.4 Å². The van der Waals surface area contributed by atoms with Gasteiger partial charge in [-0.2, -0.15) is 0 Å². The van der Waals surface area contributed by atoms with Crippen molar-refractivity contribution in [3.63, 3.8) is 0 Å². The Morgan fingerprint density at radius 1 is 1.27 bits per heavy atom. The maximum absolute atomic E-state index is 14.1. The first kappa shape index (κ1) is 18.0. The molecule has 0 saturated heterocycles. The second kappa shape index (κ2) is 6.86. The van der Waals surface area contributed by atoms with Crippen molar-refractivity contribution in [2.75, 3.05) is 13.2 Å². The zero-order valence-corrected chi connectivity index (χ0v) is 15.0. The number of primary amides is 1. The molecule has 1 atom stereocenters. The summed E-state index contributed by atoms with van der Waals surface area (Å²) in [4.78, 5) is 11.3. The van der Waals surface area contributed by atoms with E-state index in [1.54, 1.807) is 19.1 Å². The van der Waals surface area contributed by atoms with Gasteiger partial charge in [-0.25, -0.2) is 9.18 Å². The lowest BCUT2D eigenvalue weighted by molar-refractivity contribution is -0.0176. The fourth-order valence-electron chi connectivity index (χ4n) is 3.11. The molecule has 0 radical (unpaired) electrons. The lowest BCUT2D eigenvalue weighted by atomic mass is 9.80. The first-order chi connectivity index (χ1) is 12.3. The number of carbonyl (C=O) groups excluding carboxylic acids is 1. The van der Waals surface area contributed by atoms with Crippen molar-refractivity contribution in [1.82, 2.24) is 0 Å². The summed E-state index contributed by atoms with van der Waals surface area (Å²) >= 11 is 0. The van der Waals surface area contributed by atoms with E-state index in [-0.39, 0.29) is 5.75 Å². The summed E-state index contributed by atoms with van der Waals surface area (Å²) in [5.74, 6) is 0.406. The van der Waals surface area contributed by atoms with Crippen molar-refractivity contribution in [3.05, 3.63) is 47.8 Å². The summed E-state index contributed by atoms with van der Waals surface area (Å²) in [5, 5.41) is 0. The molecule has 2 N–H and O–H groups in total. The standard InChI is InChI=1S/C20H22FNO4/c1-4-24-16-8-6-12(9-15(16)21)13-5-7-14-17(10-13)25-11-20(2,3)18(14)26-19(22)23/h5-10,18H,4,11H2,1-3H3,(H2,22,23). The molecule has 1 unspecified atom stereocenters. The Kier molecular flexibility index (Phi) is 4.76. The number of hydrogen-bond acceptors (Lipinski definition) is 4. The minimum Gasteiger partial charge on any atom is -0.492 e. The molecule has 0 spiro atoms. The molecule has 1 heterocycles. The van der Waals surface area contributed by atoms with Gasteiger partial charge in [-0.1, -0.05) is 32.0 Å². The van der Waals surface area contributed by atoms with E-state index in [0.29, 0.717) is 24.5 Å². The number of ether oxygens (including phenoxy) is 3. The van der Waals surface area contributed by atoms with Crippen molar-refractivity contribution in [1.29, 1.82) is 0 Å². The summed E-state index contributed by atoms with van der Waals surface area (Å²) in [6, 6.07) is 10.3. The highest BCUT2D eigenvalue weighted by Crippen LogP contribution is 2.46. The summed E-state index contributed by atoms with van der Waals surface area (Å²) in [5.41, 5.74) is 7.06. The third-order valence-electron chi connectivity index (χ3n) is 4.40. The number of fused-ring (bicyclic) bond motifs is 1. The highest BCUT2D eigenvalue weighted by Gasteiger charge is 2.40. The molecule has 2 aromatic carbocycles. The third kappa shape index (κ3) is 3.45. The predicted octanol–water partition coefficient (Wildman–Crippen LogP) is 4.45. The highest BCUT2D eigenvalue weighted by molar-refractivity contribution is 5.68. The van der Waals surface area contributed by atoms with Crippen LogP contribution in [0, 0.1) is 11.2 Å². The Bertz CT molecular complexity index is 835. The molecule has 3 rings (SSSR count). The van der Waals surface area contributed by atoms with Crippen LogP contribution in [-0.2, 0) is 4.74 Å². The quantitative estimate of drug-likeness (QED) is 0.876. The van der Waals surface area contributed by atoms with Crippen molar-refractivity contribution in [2.45, 2.75) is 26.9 Å². The summed E-state index contributed by atoms with van der Waals surface area (Å²) in [6.45, 7) is 6.47. The summed E-state index contributed by atoms with van der Waals surface area (Å²) in [6.07, 6.45) is -1.33. The molecular formula is C20H22FNO4. The Balaban J connectivity index is 1.96. The van der Waals surface area contributed by atoms with Gasteiger partial charge >= 0.3 is 6.09 Å². The van der Waals surface area contributed by atoms with E-state index in [4.69, 9.17) is 19.9 Å². The second-order valence-electron chi connectivity index (χ2n) is 6.93. The van der Waals surface area contributed by atoms with Crippen LogP contribution in [0.25, 0.3) is 11.1 Å². The number of nitrogens with two attached hydrogens (primary N) is 1. The normalized spacial score (nSPS) is 17.8. The number of halogens is 1. The predicted molar refractivity (Wildman–Crippen MR) is 95.7 cm³/mol. The molecule has 1 aliphatic heterocycles. The van der Waals surface area contributed by atoms with Gasteiger partial charge in [-0.15, -0.1) is 0 Å². The molecule has 1 amide bonds. The number of amides is 1. The van der Waals surface area contributed by atoms with E-state index in [1.165, 1.54) is 6.07 Å². The van der Waals surface area contributed by atoms with Gasteiger partial charge in [0.25, 0.3) is 0 Å². The van der Waals surface area contributed by atoms with Gasteiger partial charge in [-0.05, 0) is 36.2 Å². The maximum Gasteiger partial charge on any atom is 0.405 e. The lowest BCUT2D eigenvalue weighted by Crippen LogP contribution is -2.37. The maximum atomic E-state index is 14.1. The Labute approximate surface area is 151 Å². The van der Waals surface area contributed by atoms with Crippen LogP contribution in [0.1, 0.15) is 32.4 Å². The molecule has 5 nitrogen and oxygen atoms in total. The van der Waals surface area contributed by atoms with Crippen LogP contribution >= 0.6 is 0 Å². The van der Waals surface area contributed by atoms with Crippen LogP contribution in [0.2, 0.25) is 0 Å². The van der Waals surface area contributed by atoms with Crippen LogP contribution in [0.15, 0.2) is 36.4 Å². The number of carbonyl (C=O) groups is 1. The SMILES string of the molecule is CCOc1ccc(-c2ccc3c(c2)OCC(C)(C)C3OC(N)=O)cc1F. The van der Waals surface area contributed by atoms with E-state index in [9.17, 15) is 9.18 Å². The largest absolute Gasteiger partial charge is 0.492 e. The number of hydrogen-bond donors (Lipinski definition) is 1. The smallest absolute Gasteiger partial charge is 0.405 e. The zero-order chi connectivity index (χ0) is 18.9. The molecule has 2 aromatic rings. The van der Waals surface area contributed by atoms with E-state index >= 15 is 0 Å². The average molecular weight is 359 g/mol. The second-order valence-corrected chi connectivity index (χ2v) is 6.93. The van der Waals surface area contributed by atoms with Crippen LogP contribution in [0.4, 0.5) is 9.18 Å². The van der Waals surface area contributed by atoms with E-state index < -0.39 is 23.4 Å². The molecule has 1 aliphatic rings. The van der Waals surface area contributed by atoms with Gasteiger partial charge in [0.1, 0.15) is 11.9 Å². The first-order valence-corrected chi connectivity index (χ1v) is 8.47. The Morgan fingerprint density at radius 2 is 1.96 bits per heavy atom. The molecular weight excluding hydrogens is 337 g/mol. The molecule has 0 aliphatic carbocycles. The molecule has 0 saturated carbocycles. The van der Waals surface area contributed by atoms with Gasteiger partial charge < -0.3 is 19.9 Å². The third-order valence-corrected chi connectivity index (χ3v) is 4.40. The van der Waals surface area contributed by atoms with Crippen LogP contribution in [0.3, 0.4) is 0 Å². The highest BCUT2D eigenvalue weighted by atomic mass is 19.1. The monoisotopic (exact) mass is 359 g/mol. The van der Waals surface area contributed by atoms with Crippen LogP contribution in [-0.4, -0.2) is 19.3 Å². The Hall–Kier alpha value is -2.76. The van der Waals surface area contributed by atoms with Crippen LogP contribution < -0.4 is 15.2 Å². The van der Waals surface area contributed by atoms with Gasteiger partial charge in [0.05, 0.1) is 13.2 Å². The molecule has 6 heteroatoms. The summed E-state index contributed by atoms with van der Waals surface area (Å²) < 4.78 is 30.6. The molecule has 0 fully saturated rings. The number of benzene rings is 2. The fourth-order valence-corrected chi connectivity index (χ4v) is 3.11. The first-order valence-electron chi connectivity index (χ1n) is 8.47. The van der Waals surface area contributed by atoms with Crippen molar-refractivity contribution in [3.8, 4) is 22.6 Å². The van der Waals surface area contributed by atoms with Gasteiger partial charge in [0, 0.05) is 11.0 Å². The van der Waals surface area contributed by atoms with Crippen LogP contribution in [0.5, 0.6) is 11.5 Å². The number of rotatable bonds is 4. The van der Waals surface area contributed by atoms with Gasteiger partial charge in [0.15, 0.2) is 11.6 Å². The van der Waals surface area contributed by atoms with E-state index in [1.807, 2.05) is 32.0 Å². The van der Waals surface area contributed by atoms with Gasteiger partial charge in [0.2, 0.25) is 0 Å². The van der Waals surface area contributed by atoms with E-state index in [2.05, 4.69) is 0 Å². The molecule has 0 aromatic heterocycles. The van der Waals surface area contributed by atoms with Crippen molar-refractivity contribution in [2.24, 2.45) is 11.1 Å². The minimum absolute atomic E-state index is 0.224.